The molecule has 0 aliphatic carbocycles. The zero-order chi connectivity index (χ0) is 25.6. The number of ether oxygens (including phenoxy) is 1. The third kappa shape index (κ3) is 6.48. The molecule has 0 spiro atoms. The standard InChI is InChI=1S/C21H16F2N4O7S/c22-21(23)34-14-7-5-13(6-8-14)12-24-25-18-10-9-15(11-19(18)27(30)31)35(32,33)26-17-4-2-1-3-16(17)20(28)29/h1-12,21,25-26H,(H,28,29)/b24-12-. The maximum Gasteiger partial charge on any atom is 0.387 e. The van der Waals surface area contributed by atoms with E-state index in [1.54, 1.807) is 0 Å². The number of para-hydroxylation sites is 1. The third-order valence-corrected chi connectivity index (χ3v) is 5.75. The number of carboxylic acids is 1. The zero-order valence-corrected chi connectivity index (χ0v) is 18.3. The largest absolute Gasteiger partial charge is 0.478 e. The van der Waals surface area contributed by atoms with Crippen LogP contribution in [0.25, 0.3) is 0 Å². The summed E-state index contributed by atoms with van der Waals surface area (Å²) in [5.74, 6) is -1.42. The smallest absolute Gasteiger partial charge is 0.387 e. The molecule has 11 nitrogen and oxygen atoms in total. The van der Waals surface area contributed by atoms with Crippen LogP contribution < -0.4 is 14.9 Å². The van der Waals surface area contributed by atoms with E-state index in [9.17, 15) is 37.2 Å². The van der Waals surface area contributed by atoms with E-state index >= 15 is 0 Å². The predicted octanol–water partition coefficient (Wildman–Crippen LogP) is 4.14. The van der Waals surface area contributed by atoms with E-state index in [-0.39, 0.29) is 22.7 Å². The van der Waals surface area contributed by atoms with Gasteiger partial charge >= 0.3 is 12.6 Å². The van der Waals surface area contributed by atoms with Gasteiger partial charge in [0.15, 0.2) is 0 Å². The number of rotatable bonds is 10. The molecule has 14 heteroatoms. The van der Waals surface area contributed by atoms with E-state index in [4.69, 9.17) is 0 Å². The fourth-order valence-electron chi connectivity index (χ4n) is 2.80. The molecule has 0 fully saturated rings. The van der Waals surface area contributed by atoms with Crippen molar-refractivity contribution >= 4 is 39.3 Å². The van der Waals surface area contributed by atoms with Crippen LogP contribution >= 0.6 is 0 Å². The SMILES string of the molecule is O=C(O)c1ccccc1NS(=O)(=O)c1ccc(N/N=C\c2ccc(OC(F)F)cc2)c([N+](=O)[O-])c1. The topological polar surface area (TPSA) is 160 Å². The second-order valence-corrected chi connectivity index (χ2v) is 8.39. The summed E-state index contributed by atoms with van der Waals surface area (Å²) < 4.78 is 56.2. The van der Waals surface area contributed by atoms with Crippen LogP contribution in [-0.4, -0.2) is 37.2 Å². The van der Waals surface area contributed by atoms with Gasteiger partial charge in [-0.05, 0) is 54.1 Å². The minimum Gasteiger partial charge on any atom is -0.478 e. The van der Waals surface area contributed by atoms with Gasteiger partial charge in [-0.25, -0.2) is 13.2 Å². The molecule has 0 saturated heterocycles. The summed E-state index contributed by atoms with van der Waals surface area (Å²) >= 11 is 0. The Balaban J connectivity index is 1.80. The van der Waals surface area contributed by atoms with E-state index in [1.165, 1.54) is 54.7 Å². The van der Waals surface area contributed by atoms with Crippen molar-refractivity contribution < 1.29 is 36.8 Å². The van der Waals surface area contributed by atoms with Gasteiger partial charge in [-0.15, -0.1) is 0 Å². The Hall–Kier alpha value is -4.59. The number of halogens is 2. The number of nitrogens with zero attached hydrogens (tertiary/aromatic N) is 2. The van der Waals surface area contributed by atoms with E-state index in [1.807, 2.05) is 0 Å². The van der Waals surface area contributed by atoms with Crippen molar-refractivity contribution in [1.82, 2.24) is 0 Å². The van der Waals surface area contributed by atoms with Crippen molar-refractivity contribution in [3.05, 3.63) is 88.0 Å². The number of carboxylic acid groups (broad SMARTS) is 1. The lowest BCUT2D eigenvalue weighted by Crippen LogP contribution is -2.16. The monoisotopic (exact) mass is 506 g/mol. The molecule has 3 aromatic carbocycles. The molecule has 3 rings (SSSR count). The Morgan fingerprint density at radius 1 is 1.09 bits per heavy atom. The van der Waals surface area contributed by atoms with Crippen molar-refractivity contribution in [2.24, 2.45) is 5.10 Å². The molecular formula is C21H16F2N4O7S. The van der Waals surface area contributed by atoms with Gasteiger partial charge in [0, 0.05) is 6.07 Å². The van der Waals surface area contributed by atoms with Gasteiger partial charge in [-0.2, -0.15) is 13.9 Å². The number of aromatic carboxylic acids is 1. The van der Waals surface area contributed by atoms with Gasteiger partial charge in [-0.1, -0.05) is 12.1 Å². The summed E-state index contributed by atoms with van der Waals surface area (Å²) in [6.07, 6.45) is 1.25. The van der Waals surface area contributed by atoms with Crippen molar-refractivity contribution in [3.8, 4) is 5.75 Å². The average molecular weight is 506 g/mol. The van der Waals surface area contributed by atoms with Crippen molar-refractivity contribution in [1.29, 1.82) is 0 Å². The molecule has 0 heterocycles. The van der Waals surface area contributed by atoms with Crippen molar-refractivity contribution in [3.63, 3.8) is 0 Å². The van der Waals surface area contributed by atoms with Gasteiger partial charge in [0.1, 0.15) is 11.4 Å². The van der Waals surface area contributed by atoms with Gasteiger partial charge in [0.25, 0.3) is 15.7 Å². The first-order chi connectivity index (χ1) is 16.6. The number of alkyl halides is 2. The highest BCUT2D eigenvalue weighted by molar-refractivity contribution is 7.92. The summed E-state index contributed by atoms with van der Waals surface area (Å²) in [5, 5.41) is 24.6. The molecular weight excluding hydrogens is 490 g/mol. The number of nitro benzene ring substituents is 1. The minimum atomic E-state index is -4.37. The fourth-order valence-corrected chi connectivity index (χ4v) is 3.90. The lowest BCUT2D eigenvalue weighted by molar-refractivity contribution is -0.384. The van der Waals surface area contributed by atoms with E-state index in [0.717, 1.165) is 18.2 Å². The highest BCUT2D eigenvalue weighted by Gasteiger charge is 2.23. The molecule has 0 radical (unpaired) electrons. The minimum absolute atomic E-state index is 0.0582. The molecule has 3 aromatic rings. The highest BCUT2D eigenvalue weighted by Crippen LogP contribution is 2.29. The van der Waals surface area contributed by atoms with Gasteiger partial charge in [0.05, 0.1) is 27.3 Å². The van der Waals surface area contributed by atoms with Crippen LogP contribution in [0.15, 0.2) is 76.7 Å². The summed E-state index contributed by atoms with van der Waals surface area (Å²) in [6.45, 7) is -2.97. The lowest BCUT2D eigenvalue weighted by atomic mass is 10.2. The maximum atomic E-state index is 12.7. The first kappa shape index (κ1) is 25.0. The summed E-state index contributed by atoms with van der Waals surface area (Å²) in [6, 6.07) is 13.7. The molecule has 0 bridgehead atoms. The lowest BCUT2D eigenvalue weighted by Gasteiger charge is -2.11. The Kier molecular flexibility index (Phi) is 7.56. The van der Waals surface area contributed by atoms with E-state index in [2.05, 4.69) is 20.0 Å². The van der Waals surface area contributed by atoms with Crippen LogP contribution in [0.5, 0.6) is 5.75 Å². The molecule has 0 amide bonds. The number of hydrazone groups is 1. The number of sulfonamides is 1. The molecule has 35 heavy (non-hydrogen) atoms. The van der Waals surface area contributed by atoms with Crippen LogP contribution in [-0.2, 0) is 10.0 Å². The maximum absolute atomic E-state index is 12.7. The van der Waals surface area contributed by atoms with Gasteiger partial charge < -0.3 is 9.84 Å². The van der Waals surface area contributed by atoms with Gasteiger partial charge in [-0.3, -0.25) is 20.3 Å². The van der Waals surface area contributed by atoms with Crippen LogP contribution in [0.1, 0.15) is 15.9 Å². The third-order valence-electron chi connectivity index (χ3n) is 4.38. The summed E-state index contributed by atoms with van der Waals surface area (Å²) in [5.41, 5.74) is 1.63. The predicted molar refractivity (Wildman–Crippen MR) is 122 cm³/mol. The van der Waals surface area contributed by atoms with Crippen molar-refractivity contribution in [2.45, 2.75) is 11.5 Å². The normalized spacial score (nSPS) is 11.4. The Morgan fingerprint density at radius 2 is 1.77 bits per heavy atom. The molecule has 0 aliphatic heterocycles. The van der Waals surface area contributed by atoms with Crippen molar-refractivity contribution in [2.75, 3.05) is 10.1 Å². The molecule has 0 saturated carbocycles. The number of nitrogens with one attached hydrogen (secondary N) is 2. The fraction of sp³-hybridized carbons (Fsp3) is 0.0476. The van der Waals surface area contributed by atoms with E-state index in [0.29, 0.717) is 5.56 Å². The highest BCUT2D eigenvalue weighted by atomic mass is 32.2. The van der Waals surface area contributed by atoms with Gasteiger partial charge in [0.2, 0.25) is 0 Å². The number of nitro groups is 1. The number of hydrogen-bond donors (Lipinski definition) is 3. The van der Waals surface area contributed by atoms with Crippen LogP contribution in [0.2, 0.25) is 0 Å². The quantitative estimate of drug-likeness (QED) is 0.210. The Bertz CT molecular complexity index is 1380. The summed E-state index contributed by atoms with van der Waals surface area (Å²) in [7, 11) is -4.37. The number of benzene rings is 3. The number of anilines is 2. The molecule has 0 unspecified atom stereocenters. The molecule has 182 valence electrons. The van der Waals surface area contributed by atoms with Crippen LogP contribution in [0, 0.1) is 10.1 Å². The first-order valence-electron chi connectivity index (χ1n) is 9.54. The Labute approximate surface area is 196 Å². The molecule has 0 aromatic heterocycles. The Morgan fingerprint density at radius 3 is 2.40 bits per heavy atom. The van der Waals surface area contributed by atoms with Crippen LogP contribution in [0.3, 0.4) is 0 Å². The molecule has 0 aliphatic rings. The van der Waals surface area contributed by atoms with E-state index < -0.39 is 38.1 Å². The second kappa shape index (κ2) is 10.6. The molecule has 0 atom stereocenters. The van der Waals surface area contributed by atoms with Crippen LogP contribution in [0.4, 0.5) is 25.8 Å². The number of hydrogen-bond acceptors (Lipinski definition) is 8. The average Bonchev–Trinajstić information content (AvgIpc) is 2.79. The first-order valence-corrected chi connectivity index (χ1v) is 11.0. The zero-order valence-electron chi connectivity index (χ0n) is 17.5. The summed E-state index contributed by atoms with van der Waals surface area (Å²) in [4.78, 5) is 21.5. The molecule has 3 N–H and O–H groups in total. The number of carbonyl (C=O) groups is 1. The second-order valence-electron chi connectivity index (χ2n) is 6.71.